The van der Waals surface area contributed by atoms with Crippen LogP contribution in [0.15, 0.2) is 53.4 Å². The fraction of sp³-hybridized carbons (Fsp3) is 0.133. The summed E-state index contributed by atoms with van der Waals surface area (Å²) in [7, 11) is 0. The molecule has 0 heterocycles. The van der Waals surface area contributed by atoms with Gasteiger partial charge in [-0.3, -0.25) is 4.79 Å². The number of rotatable bonds is 4. The summed E-state index contributed by atoms with van der Waals surface area (Å²) in [5.74, 6) is 0.321. The third-order valence-corrected chi connectivity index (χ3v) is 3.59. The molecule has 2 rings (SSSR count). The van der Waals surface area contributed by atoms with E-state index >= 15 is 0 Å². The molecule has 0 saturated heterocycles. The normalized spacial score (nSPS) is 10.2. The van der Waals surface area contributed by atoms with Crippen molar-refractivity contribution in [1.82, 2.24) is 0 Å². The van der Waals surface area contributed by atoms with E-state index < -0.39 is 0 Å². The van der Waals surface area contributed by atoms with Gasteiger partial charge in [0.2, 0.25) is 5.91 Å². The Morgan fingerprint density at radius 1 is 1.21 bits per heavy atom. The number of amides is 1. The number of nitrogens with one attached hydrogen (secondary N) is 1. The van der Waals surface area contributed by atoms with Crippen LogP contribution in [-0.2, 0) is 4.79 Å². The lowest BCUT2D eigenvalue weighted by molar-refractivity contribution is -0.113. The number of carbonyl (C=O) groups excluding carboxylic acids is 1. The molecule has 19 heavy (non-hydrogen) atoms. The topological polar surface area (TPSA) is 55.1 Å². The average molecular weight is 272 g/mol. The Morgan fingerprint density at radius 2 is 2.00 bits per heavy atom. The highest BCUT2D eigenvalue weighted by Gasteiger charge is 2.05. The van der Waals surface area contributed by atoms with Gasteiger partial charge in [-0.25, -0.2) is 0 Å². The molecule has 0 spiro atoms. The second-order valence-electron chi connectivity index (χ2n) is 4.24. The van der Waals surface area contributed by atoms with E-state index in [-0.39, 0.29) is 5.91 Å². The molecule has 4 heteroatoms. The number of nitrogens with two attached hydrogens (primary N) is 1. The van der Waals surface area contributed by atoms with Crippen molar-refractivity contribution >= 4 is 29.0 Å². The minimum absolute atomic E-state index is 0.0515. The first-order valence-corrected chi connectivity index (χ1v) is 6.97. The Morgan fingerprint density at radius 3 is 2.74 bits per heavy atom. The van der Waals surface area contributed by atoms with Gasteiger partial charge in [0.15, 0.2) is 0 Å². The van der Waals surface area contributed by atoms with Crippen molar-refractivity contribution in [3.63, 3.8) is 0 Å². The Hall–Kier alpha value is -1.94. The SMILES string of the molecule is Cc1cccc(SCC(=O)Nc2ccccc2N)c1. The number of aryl methyl sites for hydroxylation is 1. The molecule has 0 aliphatic carbocycles. The molecule has 0 aromatic heterocycles. The lowest BCUT2D eigenvalue weighted by Crippen LogP contribution is -2.15. The number of thioether (sulfide) groups is 1. The summed E-state index contributed by atoms with van der Waals surface area (Å²) in [5, 5.41) is 2.81. The lowest BCUT2D eigenvalue weighted by atomic mass is 10.2. The van der Waals surface area contributed by atoms with E-state index in [1.54, 1.807) is 12.1 Å². The minimum Gasteiger partial charge on any atom is -0.397 e. The molecule has 0 fully saturated rings. The molecule has 0 saturated carbocycles. The number of hydrogen-bond acceptors (Lipinski definition) is 3. The van der Waals surface area contributed by atoms with Crippen LogP contribution in [0.2, 0.25) is 0 Å². The van der Waals surface area contributed by atoms with Crippen LogP contribution in [0.1, 0.15) is 5.56 Å². The van der Waals surface area contributed by atoms with Crippen LogP contribution in [0.3, 0.4) is 0 Å². The smallest absolute Gasteiger partial charge is 0.234 e. The zero-order valence-corrected chi connectivity index (χ0v) is 11.5. The minimum atomic E-state index is -0.0515. The van der Waals surface area contributed by atoms with Crippen molar-refractivity contribution in [2.24, 2.45) is 0 Å². The number of benzene rings is 2. The van der Waals surface area contributed by atoms with Crippen molar-refractivity contribution in [1.29, 1.82) is 0 Å². The largest absolute Gasteiger partial charge is 0.397 e. The van der Waals surface area contributed by atoms with Gasteiger partial charge < -0.3 is 11.1 Å². The maximum atomic E-state index is 11.8. The molecule has 0 atom stereocenters. The predicted octanol–water partition coefficient (Wildman–Crippen LogP) is 3.31. The molecule has 2 aromatic carbocycles. The highest BCUT2D eigenvalue weighted by molar-refractivity contribution is 8.00. The lowest BCUT2D eigenvalue weighted by Gasteiger charge is -2.07. The van der Waals surface area contributed by atoms with Crippen molar-refractivity contribution in [3.05, 3.63) is 54.1 Å². The summed E-state index contributed by atoms with van der Waals surface area (Å²) in [6, 6.07) is 15.3. The quantitative estimate of drug-likeness (QED) is 0.663. The number of para-hydroxylation sites is 2. The standard InChI is InChI=1S/C15H16N2OS/c1-11-5-4-6-12(9-11)19-10-15(18)17-14-8-3-2-7-13(14)16/h2-9H,10,16H2,1H3,(H,17,18). The summed E-state index contributed by atoms with van der Waals surface area (Å²) in [4.78, 5) is 12.9. The summed E-state index contributed by atoms with van der Waals surface area (Å²) in [6.45, 7) is 2.04. The van der Waals surface area contributed by atoms with E-state index in [2.05, 4.69) is 11.4 Å². The van der Waals surface area contributed by atoms with Gasteiger partial charge in [-0.2, -0.15) is 0 Å². The van der Waals surface area contributed by atoms with E-state index in [1.807, 2.05) is 37.3 Å². The van der Waals surface area contributed by atoms with Crippen LogP contribution >= 0.6 is 11.8 Å². The van der Waals surface area contributed by atoms with Crippen molar-refractivity contribution < 1.29 is 4.79 Å². The zero-order chi connectivity index (χ0) is 13.7. The molecule has 3 N–H and O–H groups in total. The maximum Gasteiger partial charge on any atom is 0.234 e. The second kappa shape index (κ2) is 6.29. The Bertz CT molecular complexity index is 584. The second-order valence-corrected chi connectivity index (χ2v) is 5.29. The molecule has 0 bridgehead atoms. The predicted molar refractivity (Wildman–Crippen MR) is 81.4 cm³/mol. The van der Waals surface area contributed by atoms with Gasteiger partial charge in [0.1, 0.15) is 0 Å². The van der Waals surface area contributed by atoms with Crippen LogP contribution in [-0.4, -0.2) is 11.7 Å². The summed E-state index contributed by atoms with van der Waals surface area (Å²) >= 11 is 1.51. The molecule has 1 amide bonds. The van der Waals surface area contributed by atoms with E-state index in [9.17, 15) is 4.79 Å². The molecule has 3 nitrogen and oxygen atoms in total. The van der Waals surface area contributed by atoms with Gasteiger partial charge in [-0.1, -0.05) is 29.8 Å². The van der Waals surface area contributed by atoms with Crippen LogP contribution in [0.25, 0.3) is 0 Å². The molecule has 0 aliphatic rings. The molecule has 2 aromatic rings. The first-order valence-electron chi connectivity index (χ1n) is 5.99. The third kappa shape index (κ3) is 4.03. The van der Waals surface area contributed by atoms with Crippen LogP contribution in [0, 0.1) is 6.92 Å². The van der Waals surface area contributed by atoms with Crippen LogP contribution in [0.4, 0.5) is 11.4 Å². The highest BCUT2D eigenvalue weighted by atomic mass is 32.2. The van der Waals surface area contributed by atoms with Gasteiger partial charge in [-0.05, 0) is 31.2 Å². The Labute approximate surface area is 117 Å². The monoisotopic (exact) mass is 272 g/mol. The van der Waals surface area contributed by atoms with Gasteiger partial charge >= 0.3 is 0 Å². The average Bonchev–Trinajstić information content (AvgIpc) is 2.39. The first-order chi connectivity index (χ1) is 9.15. The van der Waals surface area contributed by atoms with Crippen molar-refractivity contribution in [3.8, 4) is 0 Å². The maximum absolute atomic E-state index is 11.8. The van der Waals surface area contributed by atoms with Crippen LogP contribution in [0.5, 0.6) is 0 Å². The molecular formula is C15H16N2OS. The van der Waals surface area contributed by atoms with E-state index in [0.717, 1.165) is 4.90 Å². The fourth-order valence-corrected chi connectivity index (χ4v) is 2.47. The molecule has 98 valence electrons. The molecule has 0 radical (unpaired) electrons. The zero-order valence-electron chi connectivity index (χ0n) is 10.7. The van der Waals surface area contributed by atoms with E-state index in [1.165, 1.54) is 17.3 Å². The Kier molecular flexibility index (Phi) is 4.47. The van der Waals surface area contributed by atoms with Crippen molar-refractivity contribution in [2.75, 3.05) is 16.8 Å². The highest BCUT2D eigenvalue weighted by Crippen LogP contribution is 2.20. The van der Waals surface area contributed by atoms with Crippen LogP contribution < -0.4 is 11.1 Å². The number of hydrogen-bond donors (Lipinski definition) is 2. The van der Waals surface area contributed by atoms with Crippen molar-refractivity contribution in [2.45, 2.75) is 11.8 Å². The molecule has 0 aliphatic heterocycles. The summed E-state index contributed by atoms with van der Waals surface area (Å²) in [5.41, 5.74) is 8.21. The van der Waals surface area contributed by atoms with E-state index in [0.29, 0.717) is 17.1 Å². The van der Waals surface area contributed by atoms with Gasteiger partial charge in [-0.15, -0.1) is 11.8 Å². The number of carbonyl (C=O) groups is 1. The third-order valence-electron chi connectivity index (χ3n) is 2.59. The first kappa shape index (κ1) is 13.5. The van der Waals surface area contributed by atoms with Gasteiger partial charge in [0.25, 0.3) is 0 Å². The van der Waals surface area contributed by atoms with Gasteiger partial charge in [0.05, 0.1) is 17.1 Å². The Balaban J connectivity index is 1.90. The molecule has 0 unspecified atom stereocenters. The number of anilines is 2. The molecular weight excluding hydrogens is 256 g/mol. The summed E-state index contributed by atoms with van der Waals surface area (Å²) < 4.78 is 0. The summed E-state index contributed by atoms with van der Waals surface area (Å²) in [6.07, 6.45) is 0. The van der Waals surface area contributed by atoms with E-state index in [4.69, 9.17) is 5.73 Å². The fourth-order valence-electron chi connectivity index (χ4n) is 1.65. The number of nitrogen functional groups attached to an aromatic ring is 1. The van der Waals surface area contributed by atoms with Gasteiger partial charge in [0, 0.05) is 4.90 Å².